The predicted molar refractivity (Wildman–Crippen MR) is 97.8 cm³/mol. The van der Waals surface area contributed by atoms with E-state index in [0.717, 1.165) is 27.8 Å². The summed E-state index contributed by atoms with van der Waals surface area (Å²) in [6.07, 6.45) is 0. The van der Waals surface area contributed by atoms with Crippen LogP contribution in [0.1, 0.15) is 17.3 Å². The monoisotopic (exact) mass is 323 g/mol. The van der Waals surface area contributed by atoms with Crippen molar-refractivity contribution in [2.45, 2.75) is 13.0 Å². The van der Waals surface area contributed by atoms with Gasteiger partial charge < -0.3 is 10.2 Å². The number of aryl methyl sites for hydroxylation is 1. The molecule has 0 saturated heterocycles. The summed E-state index contributed by atoms with van der Waals surface area (Å²) in [5.74, 6) is -0.204. The van der Waals surface area contributed by atoms with E-state index in [1.165, 1.54) is 6.07 Å². The second-order valence-electron chi connectivity index (χ2n) is 6.24. The second-order valence-corrected chi connectivity index (χ2v) is 6.24. The lowest BCUT2D eigenvalue weighted by molar-refractivity contribution is 0.311. The molecule has 0 aliphatic carbocycles. The van der Waals surface area contributed by atoms with Gasteiger partial charge in [-0.05, 0) is 50.8 Å². The molecule has 24 heavy (non-hydrogen) atoms. The number of hydrogen-bond acceptors (Lipinski definition) is 3. The van der Waals surface area contributed by atoms with Crippen molar-refractivity contribution in [3.8, 4) is 0 Å². The lowest BCUT2D eigenvalue weighted by Crippen LogP contribution is -2.27. The fourth-order valence-electron chi connectivity index (χ4n) is 2.97. The Balaban J connectivity index is 1.88. The van der Waals surface area contributed by atoms with E-state index in [0.29, 0.717) is 6.54 Å². The Kier molecular flexibility index (Phi) is 4.76. The zero-order chi connectivity index (χ0) is 17.1. The smallest absolute Gasteiger partial charge is 0.123 e. The average molecular weight is 323 g/mol. The number of nitrogens with zero attached hydrogens (tertiary/aromatic N) is 2. The summed E-state index contributed by atoms with van der Waals surface area (Å²) >= 11 is 0. The number of nitrogens with one attached hydrogen (secondary N) is 1. The van der Waals surface area contributed by atoms with E-state index in [1.807, 2.05) is 45.3 Å². The Hall–Kier alpha value is -2.46. The first-order valence-electron chi connectivity index (χ1n) is 8.07. The Morgan fingerprint density at radius 1 is 1.08 bits per heavy atom. The van der Waals surface area contributed by atoms with Crippen molar-refractivity contribution in [3.63, 3.8) is 0 Å². The Morgan fingerprint density at radius 3 is 2.62 bits per heavy atom. The molecule has 1 heterocycles. The van der Waals surface area contributed by atoms with Crippen LogP contribution in [-0.4, -0.2) is 30.5 Å². The summed E-state index contributed by atoms with van der Waals surface area (Å²) in [6, 6.07) is 17.0. The summed E-state index contributed by atoms with van der Waals surface area (Å²) in [5.41, 5.74) is 3.97. The van der Waals surface area contributed by atoms with Crippen LogP contribution in [0.2, 0.25) is 0 Å². The largest absolute Gasteiger partial charge is 0.383 e. The SMILES string of the molecule is Cc1cc(NCC(c2cccc(F)c2)N(C)C)c2ccccc2n1. The highest BCUT2D eigenvalue weighted by Gasteiger charge is 2.15. The first kappa shape index (κ1) is 16.4. The van der Waals surface area contributed by atoms with Crippen molar-refractivity contribution < 1.29 is 4.39 Å². The van der Waals surface area contributed by atoms with Crippen molar-refractivity contribution >= 4 is 16.6 Å². The maximum Gasteiger partial charge on any atom is 0.123 e. The summed E-state index contributed by atoms with van der Waals surface area (Å²) < 4.78 is 13.6. The third-order valence-corrected chi connectivity index (χ3v) is 4.19. The molecule has 2 aromatic carbocycles. The fourth-order valence-corrected chi connectivity index (χ4v) is 2.97. The molecule has 0 saturated carbocycles. The topological polar surface area (TPSA) is 28.2 Å². The number of hydrogen-bond donors (Lipinski definition) is 1. The molecule has 1 unspecified atom stereocenters. The van der Waals surface area contributed by atoms with Crippen LogP contribution in [-0.2, 0) is 0 Å². The third kappa shape index (κ3) is 3.54. The number of benzene rings is 2. The van der Waals surface area contributed by atoms with Gasteiger partial charge in [0.1, 0.15) is 5.82 Å². The minimum absolute atomic E-state index is 0.0768. The standard InChI is InChI=1S/C20H22FN3/c1-14-11-19(17-9-4-5-10-18(17)23-14)22-13-20(24(2)3)15-7-6-8-16(21)12-15/h4-12,20H,13H2,1-3H3,(H,22,23). The molecular formula is C20H22FN3. The van der Waals surface area contributed by atoms with Gasteiger partial charge in [0.15, 0.2) is 0 Å². The molecule has 0 amide bonds. The first-order chi connectivity index (χ1) is 11.5. The highest BCUT2D eigenvalue weighted by molar-refractivity contribution is 5.91. The number of fused-ring (bicyclic) bond motifs is 1. The fraction of sp³-hybridized carbons (Fsp3) is 0.250. The Labute approximate surface area is 142 Å². The van der Waals surface area contributed by atoms with Crippen LogP contribution in [0.5, 0.6) is 0 Å². The highest BCUT2D eigenvalue weighted by Crippen LogP contribution is 2.25. The zero-order valence-corrected chi connectivity index (χ0v) is 14.3. The summed E-state index contributed by atoms with van der Waals surface area (Å²) in [5, 5.41) is 4.62. The molecule has 0 aliphatic rings. The van der Waals surface area contributed by atoms with E-state index < -0.39 is 0 Å². The molecule has 0 spiro atoms. The van der Waals surface area contributed by atoms with E-state index in [9.17, 15) is 4.39 Å². The van der Waals surface area contributed by atoms with Crippen LogP contribution in [0.15, 0.2) is 54.6 Å². The lowest BCUT2D eigenvalue weighted by Gasteiger charge is -2.26. The van der Waals surface area contributed by atoms with E-state index in [-0.39, 0.29) is 11.9 Å². The molecule has 3 nitrogen and oxygen atoms in total. The zero-order valence-electron chi connectivity index (χ0n) is 14.3. The summed E-state index contributed by atoms with van der Waals surface area (Å²) in [6.45, 7) is 2.68. The van der Waals surface area contributed by atoms with Crippen molar-refractivity contribution in [2.75, 3.05) is 26.0 Å². The molecule has 1 N–H and O–H groups in total. The Bertz CT molecular complexity index is 845. The van der Waals surface area contributed by atoms with Crippen LogP contribution in [0, 0.1) is 12.7 Å². The molecule has 124 valence electrons. The maximum absolute atomic E-state index is 13.6. The molecule has 0 bridgehead atoms. The lowest BCUT2D eigenvalue weighted by atomic mass is 10.1. The number of para-hydroxylation sites is 1. The van der Waals surface area contributed by atoms with Crippen LogP contribution in [0.25, 0.3) is 10.9 Å². The molecule has 0 radical (unpaired) electrons. The highest BCUT2D eigenvalue weighted by atomic mass is 19.1. The average Bonchev–Trinajstić information content (AvgIpc) is 2.54. The number of aromatic nitrogens is 1. The van der Waals surface area contributed by atoms with Gasteiger partial charge in [0.25, 0.3) is 0 Å². The molecule has 3 rings (SSSR count). The van der Waals surface area contributed by atoms with E-state index >= 15 is 0 Å². The molecule has 3 aromatic rings. The van der Waals surface area contributed by atoms with Gasteiger partial charge in [0.2, 0.25) is 0 Å². The van der Waals surface area contributed by atoms with E-state index in [4.69, 9.17) is 0 Å². The first-order valence-corrected chi connectivity index (χ1v) is 8.07. The van der Waals surface area contributed by atoms with Gasteiger partial charge in [-0.3, -0.25) is 4.98 Å². The van der Waals surface area contributed by atoms with Gasteiger partial charge in [-0.25, -0.2) is 4.39 Å². The minimum atomic E-state index is -0.204. The van der Waals surface area contributed by atoms with Crippen molar-refractivity contribution in [1.82, 2.24) is 9.88 Å². The van der Waals surface area contributed by atoms with E-state index in [2.05, 4.69) is 27.3 Å². The van der Waals surface area contributed by atoms with Gasteiger partial charge in [-0.2, -0.15) is 0 Å². The molecule has 0 aliphatic heterocycles. The summed E-state index contributed by atoms with van der Waals surface area (Å²) in [7, 11) is 4.01. The second kappa shape index (κ2) is 6.97. The predicted octanol–water partition coefficient (Wildman–Crippen LogP) is 4.40. The number of anilines is 1. The third-order valence-electron chi connectivity index (χ3n) is 4.19. The number of pyridine rings is 1. The Morgan fingerprint density at radius 2 is 1.88 bits per heavy atom. The van der Waals surface area contributed by atoms with Crippen LogP contribution in [0.4, 0.5) is 10.1 Å². The quantitative estimate of drug-likeness (QED) is 0.754. The molecule has 0 fully saturated rings. The van der Waals surface area contributed by atoms with Crippen molar-refractivity contribution in [1.29, 1.82) is 0 Å². The molecular weight excluding hydrogens is 301 g/mol. The van der Waals surface area contributed by atoms with Gasteiger partial charge in [-0.1, -0.05) is 30.3 Å². The maximum atomic E-state index is 13.6. The van der Waals surface area contributed by atoms with Crippen molar-refractivity contribution in [2.24, 2.45) is 0 Å². The number of halogens is 1. The van der Waals surface area contributed by atoms with Gasteiger partial charge >= 0.3 is 0 Å². The van der Waals surface area contributed by atoms with E-state index in [1.54, 1.807) is 12.1 Å². The number of likely N-dealkylation sites (N-methyl/N-ethyl adjacent to an activating group) is 1. The van der Waals surface area contributed by atoms with Crippen LogP contribution >= 0.6 is 0 Å². The molecule has 1 atom stereocenters. The summed E-state index contributed by atoms with van der Waals surface area (Å²) in [4.78, 5) is 6.66. The normalized spacial score (nSPS) is 12.5. The van der Waals surface area contributed by atoms with Crippen LogP contribution in [0.3, 0.4) is 0 Å². The molecule has 4 heteroatoms. The minimum Gasteiger partial charge on any atom is -0.383 e. The van der Waals surface area contributed by atoms with Gasteiger partial charge in [0, 0.05) is 23.3 Å². The van der Waals surface area contributed by atoms with Gasteiger partial charge in [-0.15, -0.1) is 0 Å². The van der Waals surface area contributed by atoms with Gasteiger partial charge in [0.05, 0.1) is 11.6 Å². The number of rotatable bonds is 5. The van der Waals surface area contributed by atoms with Crippen molar-refractivity contribution in [3.05, 3.63) is 71.7 Å². The molecule has 1 aromatic heterocycles. The van der Waals surface area contributed by atoms with Crippen LogP contribution < -0.4 is 5.32 Å².